The number of hydrogen-bond donors (Lipinski definition) is 0. The summed E-state index contributed by atoms with van der Waals surface area (Å²) in [6, 6.07) is 17.2. The maximum absolute atomic E-state index is 13.1. The molecule has 3 aromatic rings. The summed E-state index contributed by atoms with van der Waals surface area (Å²) in [6.07, 6.45) is 1.62. The Morgan fingerprint density at radius 2 is 1.75 bits per heavy atom. The van der Waals surface area contributed by atoms with Crippen molar-refractivity contribution in [3.05, 3.63) is 93.8 Å². The van der Waals surface area contributed by atoms with Gasteiger partial charge in [0.15, 0.2) is 11.5 Å². The zero-order valence-corrected chi connectivity index (χ0v) is 17.9. The highest BCUT2D eigenvalue weighted by atomic mass is 35.5. The summed E-state index contributed by atoms with van der Waals surface area (Å²) in [7, 11) is 0. The Morgan fingerprint density at radius 3 is 2.34 bits per heavy atom. The fourth-order valence-electron chi connectivity index (χ4n) is 2.94. The lowest BCUT2D eigenvalue weighted by Gasteiger charge is -2.15. The normalized spacial score (nSPS) is 11.0. The Labute approximate surface area is 189 Å². The second-order valence-electron chi connectivity index (χ2n) is 6.71. The van der Waals surface area contributed by atoms with Crippen LogP contribution in [-0.2, 0) is 6.61 Å². The fraction of sp³-hybridized carbons (Fsp3) is 0.120. The van der Waals surface area contributed by atoms with Crippen LogP contribution in [0.5, 0.6) is 11.5 Å². The van der Waals surface area contributed by atoms with E-state index in [1.807, 2.05) is 6.92 Å². The smallest absolute Gasteiger partial charge is 0.180 e. The quantitative estimate of drug-likeness (QED) is 0.360. The van der Waals surface area contributed by atoms with Gasteiger partial charge in [-0.2, -0.15) is 5.26 Å². The van der Waals surface area contributed by atoms with E-state index < -0.39 is 5.97 Å². The van der Waals surface area contributed by atoms with Crippen molar-refractivity contribution in [3.63, 3.8) is 0 Å². The number of carbonyl (C=O) groups excluding carboxylic acids is 1. The highest BCUT2D eigenvalue weighted by molar-refractivity contribution is 6.32. The maximum atomic E-state index is 13.1. The van der Waals surface area contributed by atoms with Crippen LogP contribution in [0.2, 0.25) is 5.02 Å². The van der Waals surface area contributed by atoms with Crippen molar-refractivity contribution in [2.24, 2.45) is 0 Å². The van der Waals surface area contributed by atoms with Crippen molar-refractivity contribution < 1.29 is 23.8 Å². The molecule has 3 aromatic carbocycles. The van der Waals surface area contributed by atoms with E-state index in [-0.39, 0.29) is 23.0 Å². The zero-order chi connectivity index (χ0) is 23.1. The Balaban J connectivity index is 1.90. The average molecular weight is 451 g/mol. The summed E-state index contributed by atoms with van der Waals surface area (Å²) in [4.78, 5) is 10.9. The molecule has 0 bridgehead atoms. The lowest BCUT2D eigenvalue weighted by molar-refractivity contribution is -0.255. The molecule has 3 rings (SSSR count). The lowest BCUT2D eigenvalue weighted by atomic mass is 10.0. The molecule has 0 spiro atoms. The minimum Gasteiger partial charge on any atom is -0.545 e. The average Bonchev–Trinajstić information content (AvgIpc) is 2.78. The van der Waals surface area contributed by atoms with E-state index in [0.29, 0.717) is 34.8 Å². The van der Waals surface area contributed by atoms with Gasteiger partial charge in [-0.25, -0.2) is 4.39 Å². The van der Waals surface area contributed by atoms with Crippen LogP contribution >= 0.6 is 11.6 Å². The van der Waals surface area contributed by atoms with Crippen molar-refractivity contribution >= 4 is 29.2 Å². The molecule has 0 unspecified atom stereocenters. The molecule has 32 heavy (non-hydrogen) atoms. The van der Waals surface area contributed by atoms with Crippen molar-refractivity contribution in [2.45, 2.75) is 13.5 Å². The van der Waals surface area contributed by atoms with E-state index in [2.05, 4.69) is 6.07 Å². The standard InChI is InChI=1S/C25H19ClFNO4/c1-2-31-23-13-17(11-20(14-28)18-5-7-19(8-6-18)25(29)30)12-22(26)24(23)32-15-16-3-9-21(27)10-4-16/h3-13H,2,15H2,1H3,(H,29,30)/p-1/b20-11+. The third-order valence-electron chi connectivity index (χ3n) is 4.49. The number of aromatic carboxylic acids is 1. The molecular weight excluding hydrogens is 433 g/mol. The molecule has 162 valence electrons. The molecule has 0 amide bonds. The molecule has 0 aromatic heterocycles. The maximum Gasteiger partial charge on any atom is 0.180 e. The minimum absolute atomic E-state index is 0.0235. The fourth-order valence-corrected chi connectivity index (χ4v) is 3.22. The number of halogens is 2. The van der Waals surface area contributed by atoms with Crippen molar-refractivity contribution in [3.8, 4) is 17.6 Å². The molecular formula is C25H18ClFNO4-. The van der Waals surface area contributed by atoms with E-state index in [9.17, 15) is 19.6 Å². The first-order valence-corrected chi connectivity index (χ1v) is 10.1. The number of allylic oxidation sites excluding steroid dienone is 1. The molecule has 0 N–H and O–H groups in total. The first-order valence-electron chi connectivity index (χ1n) is 9.68. The van der Waals surface area contributed by atoms with Gasteiger partial charge in [-0.1, -0.05) is 48.0 Å². The van der Waals surface area contributed by atoms with Crippen LogP contribution in [0.4, 0.5) is 4.39 Å². The summed E-state index contributed by atoms with van der Waals surface area (Å²) in [6.45, 7) is 2.36. The van der Waals surface area contributed by atoms with Crippen LogP contribution in [0.3, 0.4) is 0 Å². The molecule has 0 saturated heterocycles. The summed E-state index contributed by atoms with van der Waals surface area (Å²) < 4.78 is 24.6. The second kappa shape index (κ2) is 10.5. The van der Waals surface area contributed by atoms with Crippen LogP contribution in [0.25, 0.3) is 11.6 Å². The van der Waals surface area contributed by atoms with Gasteiger partial charge in [0.05, 0.1) is 29.2 Å². The van der Waals surface area contributed by atoms with Gasteiger partial charge in [0.2, 0.25) is 0 Å². The largest absolute Gasteiger partial charge is 0.545 e. The number of carbonyl (C=O) groups is 1. The number of benzene rings is 3. The van der Waals surface area contributed by atoms with Crippen LogP contribution in [0, 0.1) is 17.1 Å². The lowest BCUT2D eigenvalue weighted by Crippen LogP contribution is -2.21. The number of ether oxygens (including phenoxy) is 2. The number of hydrogen-bond acceptors (Lipinski definition) is 5. The second-order valence-corrected chi connectivity index (χ2v) is 7.12. The Bertz CT molecular complexity index is 1180. The highest BCUT2D eigenvalue weighted by Crippen LogP contribution is 2.38. The number of nitriles is 1. The van der Waals surface area contributed by atoms with E-state index >= 15 is 0 Å². The topological polar surface area (TPSA) is 82.4 Å². The van der Waals surface area contributed by atoms with Crippen LogP contribution in [-0.4, -0.2) is 12.6 Å². The third kappa shape index (κ3) is 5.65. The third-order valence-corrected chi connectivity index (χ3v) is 4.77. The Hall–Kier alpha value is -3.82. The van der Waals surface area contributed by atoms with Gasteiger partial charge in [0.1, 0.15) is 12.4 Å². The van der Waals surface area contributed by atoms with Gasteiger partial charge in [0, 0.05) is 0 Å². The number of carboxylic acids is 1. The molecule has 7 heteroatoms. The van der Waals surface area contributed by atoms with Crippen LogP contribution in [0.1, 0.15) is 34.0 Å². The van der Waals surface area contributed by atoms with Gasteiger partial charge in [-0.05, 0) is 59.5 Å². The van der Waals surface area contributed by atoms with Crippen LogP contribution in [0.15, 0.2) is 60.7 Å². The summed E-state index contributed by atoms with van der Waals surface area (Å²) >= 11 is 6.44. The van der Waals surface area contributed by atoms with Gasteiger partial charge >= 0.3 is 0 Å². The number of rotatable bonds is 8. The van der Waals surface area contributed by atoms with Crippen molar-refractivity contribution in [2.75, 3.05) is 6.61 Å². The minimum atomic E-state index is -1.29. The summed E-state index contributed by atoms with van der Waals surface area (Å²) in [5.41, 5.74) is 2.25. The number of carboxylic acid groups (broad SMARTS) is 1. The van der Waals surface area contributed by atoms with E-state index in [4.69, 9.17) is 21.1 Å². The molecule has 0 heterocycles. The molecule has 0 aliphatic rings. The predicted octanol–water partition coefficient (Wildman–Crippen LogP) is 4.88. The Morgan fingerprint density at radius 1 is 1.09 bits per heavy atom. The molecule has 5 nitrogen and oxygen atoms in total. The van der Waals surface area contributed by atoms with Crippen molar-refractivity contribution in [1.82, 2.24) is 0 Å². The monoisotopic (exact) mass is 450 g/mol. The first-order chi connectivity index (χ1) is 15.4. The van der Waals surface area contributed by atoms with Gasteiger partial charge in [0.25, 0.3) is 0 Å². The van der Waals surface area contributed by atoms with Crippen molar-refractivity contribution in [1.29, 1.82) is 5.26 Å². The SMILES string of the molecule is CCOc1cc(/C=C(\C#N)c2ccc(C(=O)[O-])cc2)cc(Cl)c1OCc1ccc(F)cc1. The van der Waals surface area contributed by atoms with Gasteiger partial charge < -0.3 is 19.4 Å². The van der Waals surface area contributed by atoms with Gasteiger partial charge in [-0.3, -0.25) is 0 Å². The molecule has 0 fully saturated rings. The molecule has 0 saturated carbocycles. The van der Waals surface area contributed by atoms with Gasteiger partial charge in [-0.15, -0.1) is 0 Å². The molecule has 0 radical (unpaired) electrons. The zero-order valence-electron chi connectivity index (χ0n) is 17.1. The molecule has 0 aliphatic carbocycles. The van der Waals surface area contributed by atoms with E-state index in [0.717, 1.165) is 5.56 Å². The van der Waals surface area contributed by atoms with Crippen LogP contribution < -0.4 is 14.6 Å². The highest BCUT2D eigenvalue weighted by Gasteiger charge is 2.13. The number of nitrogens with zero attached hydrogens (tertiary/aromatic N) is 1. The molecule has 0 aliphatic heterocycles. The Kier molecular flexibility index (Phi) is 7.48. The molecule has 0 atom stereocenters. The van der Waals surface area contributed by atoms with E-state index in [1.54, 1.807) is 30.3 Å². The predicted molar refractivity (Wildman–Crippen MR) is 118 cm³/mol. The summed E-state index contributed by atoms with van der Waals surface area (Å²) in [5.74, 6) is -0.881. The first kappa shape index (κ1) is 22.9. The summed E-state index contributed by atoms with van der Waals surface area (Å²) in [5, 5.41) is 20.8. The van der Waals surface area contributed by atoms with E-state index in [1.165, 1.54) is 36.4 Å².